The van der Waals surface area contributed by atoms with Crippen molar-refractivity contribution < 1.29 is 4.92 Å². The lowest BCUT2D eigenvalue weighted by molar-refractivity contribution is -0.384. The normalized spacial score (nSPS) is 11.4. The second-order valence-corrected chi connectivity index (χ2v) is 5.50. The van der Waals surface area contributed by atoms with Gasteiger partial charge in [-0.25, -0.2) is 0 Å². The van der Waals surface area contributed by atoms with Crippen LogP contribution in [0.15, 0.2) is 18.2 Å². The fourth-order valence-electron chi connectivity index (χ4n) is 1.78. The number of nitrogens with zero attached hydrogens (tertiary/aromatic N) is 2. The Kier molecular flexibility index (Phi) is 4.53. The lowest BCUT2D eigenvalue weighted by Gasteiger charge is -2.30. The zero-order chi connectivity index (χ0) is 13.9. The summed E-state index contributed by atoms with van der Waals surface area (Å²) in [6.07, 6.45) is 0. The Morgan fingerprint density at radius 1 is 1.50 bits per heavy atom. The van der Waals surface area contributed by atoms with Gasteiger partial charge in [-0.1, -0.05) is 31.5 Å². The molecule has 1 aromatic rings. The molecule has 0 fully saturated rings. The second-order valence-electron chi connectivity index (χ2n) is 5.09. The van der Waals surface area contributed by atoms with Crippen molar-refractivity contribution in [2.75, 3.05) is 25.0 Å². The van der Waals surface area contributed by atoms with E-state index in [2.05, 4.69) is 0 Å². The summed E-state index contributed by atoms with van der Waals surface area (Å²) in [4.78, 5) is 12.4. The number of benzene rings is 1. The quantitative estimate of drug-likeness (QED) is 0.660. The van der Waals surface area contributed by atoms with Crippen LogP contribution in [-0.4, -0.2) is 25.1 Å². The molecule has 0 aromatic heterocycles. The molecular formula is C12H18ClN3O2. The maximum atomic E-state index is 11.1. The Hall–Kier alpha value is -1.33. The summed E-state index contributed by atoms with van der Waals surface area (Å²) < 4.78 is 0. The zero-order valence-electron chi connectivity index (χ0n) is 10.8. The summed E-state index contributed by atoms with van der Waals surface area (Å²) in [7, 11) is 1.80. The van der Waals surface area contributed by atoms with Gasteiger partial charge < -0.3 is 10.6 Å². The van der Waals surface area contributed by atoms with Crippen molar-refractivity contribution >= 4 is 23.0 Å². The van der Waals surface area contributed by atoms with E-state index >= 15 is 0 Å². The summed E-state index contributed by atoms with van der Waals surface area (Å²) in [5.74, 6) is 0. The Morgan fingerprint density at radius 3 is 2.61 bits per heavy atom. The van der Waals surface area contributed by atoms with Gasteiger partial charge in [0.15, 0.2) is 0 Å². The molecule has 1 rings (SSSR count). The number of nitro groups is 1. The summed E-state index contributed by atoms with van der Waals surface area (Å²) in [6, 6.07) is 4.92. The summed E-state index contributed by atoms with van der Waals surface area (Å²) >= 11 is 5.88. The van der Waals surface area contributed by atoms with E-state index in [0.717, 1.165) is 0 Å². The van der Waals surface area contributed by atoms with Crippen LogP contribution in [0.4, 0.5) is 11.4 Å². The SMILES string of the molecule is CN(CC(C)(C)CN)c1cccc(Cl)c1[N+](=O)[O-]. The number of hydrogen-bond acceptors (Lipinski definition) is 4. The maximum Gasteiger partial charge on any atom is 0.310 e. The van der Waals surface area contributed by atoms with E-state index in [1.54, 1.807) is 19.2 Å². The molecule has 0 unspecified atom stereocenters. The van der Waals surface area contributed by atoms with Crippen molar-refractivity contribution in [2.45, 2.75) is 13.8 Å². The van der Waals surface area contributed by atoms with Gasteiger partial charge >= 0.3 is 5.69 Å². The number of para-hydroxylation sites is 1. The third kappa shape index (κ3) is 3.34. The van der Waals surface area contributed by atoms with E-state index in [9.17, 15) is 10.1 Å². The molecule has 0 aliphatic rings. The Labute approximate surface area is 112 Å². The monoisotopic (exact) mass is 271 g/mol. The standard InChI is InChI=1S/C12H18ClN3O2/c1-12(2,7-14)8-15(3)10-6-4-5-9(13)11(10)16(17)18/h4-6H,7-8,14H2,1-3H3. The fourth-order valence-corrected chi connectivity index (χ4v) is 2.02. The average molecular weight is 272 g/mol. The van der Waals surface area contributed by atoms with Gasteiger partial charge in [0.25, 0.3) is 0 Å². The number of anilines is 1. The minimum Gasteiger partial charge on any atom is -0.368 e. The molecule has 18 heavy (non-hydrogen) atoms. The number of nitro benzene ring substituents is 1. The van der Waals surface area contributed by atoms with Crippen LogP contribution in [0.5, 0.6) is 0 Å². The first-order valence-corrected chi connectivity index (χ1v) is 6.00. The topological polar surface area (TPSA) is 72.4 Å². The third-order valence-corrected chi connectivity index (χ3v) is 3.08. The van der Waals surface area contributed by atoms with Gasteiger partial charge in [-0.15, -0.1) is 0 Å². The van der Waals surface area contributed by atoms with E-state index in [1.807, 2.05) is 18.7 Å². The molecule has 100 valence electrons. The van der Waals surface area contributed by atoms with Crippen molar-refractivity contribution in [3.63, 3.8) is 0 Å². The number of rotatable bonds is 5. The molecule has 5 nitrogen and oxygen atoms in total. The Bertz CT molecular complexity index is 449. The van der Waals surface area contributed by atoms with Crippen LogP contribution in [0.25, 0.3) is 0 Å². The summed E-state index contributed by atoms with van der Waals surface area (Å²) in [5.41, 5.74) is 6.00. The van der Waals surface area contributed by atoms with Crippen LogP contribution in [0, 0.1) is 15.5 Å². The highest BCUT2D eigenvalue weighted by Gasteiger charge is 2.25. The van der Waals surface area contributed by atoms with E-state index in [1.165, 1.54) is 6.07 Å². The molecule has 6 heteroatoms. The second kappa shape index (κ2) is 5.54. The number of nitrogens with two attached hydrogens (primary N) is 1. The first-order chi connectivity index (χ1) is 8.28. The van der Waals surface area contributed by atoms with E-state index in [-0.39, 0.29) is 16.1 Å². The molecule has 0 heterocycles. The van der Waals surface area contributed by atoms with Crippen molar-refractivity contribution in [1.82, 2.24) is 0 Å². The van der Waals surface area contributed by atoms with Crippen LogP contribution in [0.2, 0.25) is 5.02 Å². The largest absolute Gasteiger partial charge is 0.368 e. The molecule has 2 N–H and O–H groups in total. The lowest BCUT2D eigenvalue weighted by Crippen LogP contribution is -2.37. The lowest BCUT2D eigenvalue weighted by atomic mass is 9.93. The molecular weight excluding hydrogens is 254 g/mol. The predicted octanol–water partition coefficient (Wildman–Crippen LogP) is 2.67. The van der Waals surface area contributed by atoms with Gasteiger partial charge in [0.05, 0.1) is 4.92 Å². The molecule has 0 bridgehead atoms. The molecule has 0 saturated heterocycles. The van der Waals surface area contributed by atoms with Crippen LogP contribution in [0.3, 0.4) is 0 Å². The molecule has 0 atom stereocenters. The number of hydrogen-bond donors (Lipinski definition) is 1. The maximum absolute atomic E-state index is 11.1. The van der Waals surface area contributed by atoms with Crippen LogP contribution >= 0.6 is 11.6 Å². The Balaban J connectivity index is 3.10. The number of halogens is 1. The van der Waals surface area contributed by atoms with E-state index in [0.29, 0.717) is 18.8 Å². The highest BCUT2D eigenvalue weighted by atomic mass is 35.5. The molecule has 0 amide bonds. The summed E-state index contributed by atoms with van der Waals surface area (Å²) in [5, 5.41) is 11.2. The molecule has 1 aromatic carbocycles. The molecule has 0 saturated carbocycles. The van der Waals surface area contributed by atoms with Crippen LogP contribution in [-0.2, 0) is 0 Å². The van der Waals surface area contributed by atoms with Crippen molar-refractivity contribution in [1.29, 1.82) is 0 Å². The smallest absolute Gasteiger partial charge is 0.310 e. The van der Waals surface area contributed by atoms with Crippen molar-refractivity contribution in [3.05, 3.63) is 33.3 Å². The first kappa shape index (κ1) is 14.7. The fraction of sp³-hybridized carbons (Fsp3) is 0.500. The molecule has 0 aliphatic carbocycles. The minimum atomic E-state index is -0.455. The predicted molar refractivity (Wildman–Crippen MR) is 74.2 cm³/mol. The highest BCUT2D eigenvalue weighted by Crippen LogP contribution is 2.35. The van der Waals surface area contributed by atoms with Crippen molar-refractivity contribution in [2.24, 2.45) is 11.1 Å². The van der Waals surface area contributed by atoms with E-state index < -0.39 is 4.92 Å². The first-order valence-electron chi connectivity index (χ1n) is 5.62. The van der Waals surface area contributed by atoms with E-state index in [4.69, 9.17) is 17.3 Å². The zero-order valence-corrected chi connectivity index (χ0v) is 11.6. The van der Waals surface area contributed by atoms with Gasteiger partial charge in [-0.2, -0.15) is 0 Å². The van der Waals surface area contributed by atoms with Gasteiger partial charge in [0.2, 0.25) is 0 Å². The molecule has 0 radical (unpaired) electrons. The van der Waals surface area contributed by atoms with Crippen LogP contribution in [0.1, 0.15) is 13.8 Å². The average Bonchev–Trinajstić information content (AvgIpc) is 2.27. The van der Waals surface area contributed by atoms with Crippen LogP contribution < -0.4 is 10.6 Å². The van der Waals surface area contributed by atoms with Crippen molar-refractivity contribution in [3.8, 4) is 0 Å². The van der Waals surface area contributed by atoms with Gasteiger partial charge in [0, 0.05) is 13.6 Å². The molecule has 0 aliphatic heterocycles. The van der Waals surface area contributed by atoms with Gasteiger partial charge in [-0.05, 0) is 24.1 Å². The highest BCUT2D eigenvalue weighted by molar-refractivity contribution is 6.33. The third-order valence-electron chi connectivity index (χ3n) is 2.78. The van der Waals surface area contributed by atoms with Gasteiger partial charge in [0.1, 0.15) is 10.7 Å². The Morgan fingerprint density at radius 2 is 2.11 bits per heavy atom. The molecule has 0 spiro atoms. The van der Waals surface area contributed by atoms with Gasteiger partial charge in [-0.3, -0.25) is 10.1 Å². The minimum absolute atomic E-state index is 0.0607. The summed E-state index contributed by atoms with van der Waals surface area (Å²) in [6.45, 7) is 5.15.